The van der Waals surface area contributed by atoms with Crippen LogP contribution in [-0.4, -0.2) is 43.4 Å². The van der Waals surface area contributed by atoms with Crippen LogP contribution in [0, 0.1) is 0 Å². The SMILES string of the molecule is CS(=O)(=O)Nc1cc(C(O)CNC(CCCCC(N)=O)Cc2ccccc2)ccc1O. The number of phenolic OH excluding ortho intramolecular Hbond substituents is 1. The number of hydrogen-bond acceptors (Lipinski definition) is 6. The molecule has 0 fully saturated rings. The van der Waals surface area contributed by atoms with Crippen molar-refractivity contribution in [2.45, 2.75) is 44.2 Å². The zero-order valence-electron chi connectivity index (χ0n) is 17.6. The summed E-state index contributed by atoms with van der Waals surface area (Å²) in [6, 6.07) is 14.4. The first-order valence-electron chi connectivity index (χ1n) is 10.2. The molecule has 0 aromatic heterocycles. The highest BCUT2D eigenvalue weighted by molar-refractivity contribution is 7.92. The number of carbonyl (C=O) groups is 1. The second-order valence-electron chi connectivity index (χ2n) is 7.67. The molecule has 2 unspecified atom stereocenters. The molecule has 0 saturated heterocycles. The maximum atomic E-state index is 11.5. The van der Waals surface area contributed by atoms with E-state index in [2.05, 4.69) is 10.0 Å². The van der Waals surface area contributed by atoms with E-state index >= 15 is 0 Å². The van der Waals surface area contributed by atoms with Gasteiger partial charge in [0.1, 0.15) is 5.75 Å². The number of aromatic hydroxyl groups is 1. The summed E-state index contributed by atoms with van der Waals surface area (Å²) in [5, 5.41) is 23.8. The third-order valence-corrected chi connectivity index (χ3v) is 5.44. The lowest BCUT2D eigenvalue weighted by atomic mass is 9.99. The lowest BCUT2D eigenvalue weighted by Crippen LogP contribution is -2.34. The van der Waals surface area contributed by atoms with Gasteiger partial charge >= 0.3 is 0 Å². The lowest BCUT2D eigenvalue weighted by Gasteiger charge is -2.22. The molecule has 9 heteroatoms. The van der Waals surface area contributed by atoms with E-state index < -0.39 is 16.1 Å². The summed E-state index contributed by atoms with van der Waals surface area (Å²) in [5.41, 5.74) is 6.86. The number of rotatable bonds is 13. The van der Waals surface area contributed by atoms with E-state index in [1.165, 1.54) is 12.1 Å². The highest BCUT2D eigenvalue weighted by Crippen LogP contribution is 2.27. The van der Waals surface area contributed by atoms with Gasteiger partial charge in [-0.25, -0.2) is 8.42 Å². The molecule has 1 amide bonds. The standard InChI is InChI=1S/C22H31N3O5S/c1-31(29,30)25-19-14-17(11-12-20(19)26)21(27)15-24-18(9-5-6-10-22(23)28)13-16-7-3-2-4-8-16/h2-4,7-8,11-12,14,18,21,24-27H,5-6,9-10,13,15H2,1H3,(H2,23,28). The van der Waals surface area contributed by atoms with E-state index in [-0.39, 0.29) is 29.9 Å². The maximum Gasteiger partial charge on any atom is 0.229 e. The molecule has 8 nitrogen and oxygen atoms in total. The van der Waals surface area contributed by atoms with Gasteiger partial charge in [0.2, 0.25) is 15.9 Å². The molecule has 2 atom stereocenters. The van der Waals surface area contributed by atoms with Crippen LogP contribution in [0.5, 0.6) is 5.75 Å². The van der Waals surface area contributed by atoms with Crippen LogP contribution in [0.25, 0.3) is 0 Å². The Morgan fingerprint density at radius 1 is 1.13 bits per heavy atom. The van der Waals surface area contributed by atoms with Gasteiger partial charge in [0, 0.05) is 19.0 Å². The number of aliphatic hydroxyl groups is 1. The molecular formula is C22H31N3O5S. The first kappa shape index (κ1) is 24.6. The van der Waals surface area contributed by atoms with Crippen LogP contribution < -0.4 is 15.8 Å². The summed E-state index contributed by atoms with van der Waals surface area (Å²) in [7, 11) is -3.56. The Balaban J connectivity index is 2.01. The fourth-order valence-corrected chi connectivity index (χ4v) is 3.87. The Labute approximate surface area is 183 Å². The van der Waals surface area contributed by atoms with Crippen molar-refractivity contribution < 1.29 is 23.4 Å². The zero-order chi connectivity index (χ0) is 22.9. The van der Waals surface area contributed by atoms with E-state index in [4.69, 9.17) is 5.73 Å². The third kappa shape index (κ3) is 9.37. The maximum absolute atomic E-state index is 11.5. The number of hydrogen-bond donors (Lipinski definition) is 5. The minimum absolute atomic E-state index is 0.0198. The number of nitrogens with two attached hydrogens (primary N) is 1. The average Bonchev–Trinajstić information content (AvgIpc) is 2.70. The summed E-state index contributed by atoms with van der Waals surface area (Å²) < 4.78 is 25.2. The number of sulfonamides is 1. The molecule has 170 valence electrons. The van der Waals surface area contributed by atoms with Gasteiger partial charge in [0.25, 0.3) is 0 Å². The first-order chi connectivity index (χ1) is 14.6. The van der Waals surface area contributed by atoms with Crippen LogP contribution in [0.4, 0.5) is 5.69 Å². The van der Waals surface area contributed by atoms with Gasteiger partial charge in [-0.1, -0.05) is 42.8 Å². The van der Waals surface area contributed by atoms with Gasteiger partial charge in [-0.3, -0.25) is 9.52 Å². The van der Waals surface area contributed by atoms with Crippen LogP contribution in [-0.2, 0) is 21.2 Å². The van der Waals surface area contributed by atoms with Crippen LogP contribution in [0.3, 0.4) is 0 Å². The summed E-state index contributed by atoms with van der Waals surface area (Å²) in [5.74, 6) is -0.528. The molecule has 0 aliphatic carbocycles. The number of aliphatic hydroxyl groups excluding tert-OH is 1. The number of amides is 1. The number of benzene rings is 2. The Bertz CT molecular complexity index is 951. The zero-order valence-corrected chi connectivity index (χ0v) is 18.4. The van der Waals surface area contributed by atoms with Crippen molar-refractivity contribution in [1.82, 2.24) is 5.32 Å². The van der Waals surface area contributed by atoms with Gasteiger partial charge in [0.05, 0.1) is 18.0 Å². The average molecular weight is 450 g/mol. The van der Waals surface area contributed by atoms with Crippen molar-refractivity contribution in [3.8, 4) is 5.75 Å². The van der Waals surface area contributed by atoms with Gasteiger partial charge in [-0.2, -0.15) is 0 Å². The second kappa shape index (κ2) is 11.7. The van der Waals surface area contributed by atoms with Gasteiger partial charge in [-0.15, -0.1) is 0 Å². The Kier molecular flexibility index (Phi) is 9.29. The largest absolute Gasteiger partial charge is 0.506 e. The van der Waals surface area contributed by atoms with E-state index in [1.807, 2.05) is 30.3 Å². The van der Waals surface area contributed by atoms with Crippen LogP contribution in [0.1, 0.15) is 42.9 Å². The van der Waals surface area contributed by atoms with Gasteiger partial charge in [-0.05, 0) is 42.5 Å². The molecule has 0 spiro atoms. The minimum atomic E-state index is -3.56. The Hall–Kier alpha value is -2.62. The predicted molar refractivity (Wildman–Crippen MR) is 121 cm³/mol. The van der Waals surface area contributed by atoms with Crippen molar-refractivity contribution in [3.63, 3.8) is 0 Å². The molecular weight excluding hydrogens is 418 g/mol. The quantitative estimate of drug-likeness (QED) is 0.234. The molecule has 31 heavy (non-hydrogen) atoms. The summed E-state index contributed by atoms with van der Waals surface area (Å²) >= 11 is 0. The van der Waals surface area contributed by atoms with Crippen LogP contribution in [0.2, 0.25) is 0 Å². The highest BCUT2D eigenvalue weighted by Gasteiger charge is 2.16. The highest BCUT2D eigenvalue weighted by atomic mass is 32.2. The number of phenols is 1. The van der Waals surface area contributed by atoms with Crippen molar-refractivity contribution >= 4 is 21.6 Å². The van der Waals surface area contributed by atoms with E-state index in [0.717, 1.165) is 31.1 Å². The smallest absolute Gasteiger partial charge is 0.229 e. The number of carbonyl (C=O) groups excluding carboxylic acids is 1. The fraction of sp³-hybridized carbons (Fsp3) is 0.409. The lowest BCUT2D eigenvalue weighted by molar-refractivity contribution is -0.118. The third-order valence-electron chi connectivity index (χ3n) is 4.85. The minimum Gasteiger partial charge on any atom is -0.506 e. The Morgan fingerprint density at radius 3 is 2.48 bits per heavy atom. The predicted octanol–water partition coefficient (Wildman–Crippen LogP) is 2.04. The van der Waals surface area contributed by atoms with E-state index in [1.54, 1.807) is 6.07 Å². The molecule has 2 aromatic carbocycles. The molecule has 0 radical (unpaired) electrons. The number of anilines is 1. The molecule has 6 N–H and O–H groups in total. The summed E-state index contributed by atoms with van der Waals surface area (Å²) in [6.45, 7) is 0.246. The summed E-state index contributed by atoms with van der Waals surface area (Å²) in [4.78, 5) is 11.0. The van der Waals surface area contributed by atoms with Crippen molar-refractivity contribution in [1.29, 1.82) is 0 Å². The van der Waals surface area contributed by atoms with Crippen LogP contribution in [0.15, 0.2) is 48.5 Å². The number of unbranched alkanes of at least 4 members (excludes halogenated alkanes) is 1. The molecule has 0 aliphatic rings. The molecule has 2 rings (SSSR count). The van der Waals surface area contributed by atoms with E-state index in [9.17, 15) is 23.4 Å². The molecule has 0 bridgehead atoms. The molecule has 2 aromatic rings. The monoisotopic (exact) mass is 449 g/mol. The topological polar surface area (TPSA) is 142 Å². The van der Waals surface area contributed by atoms with E-state index in [0.29, 0.717) is 18.4 Å². The number of nitrogens with one attached hydrogen (secondary N) is 2. The van der Waals surface area contributed by atoms with Gasteiger partial charge in [0.15, 0.2) is 0 Å². The number of primary amides is 1. The summed E-state index contributed by atoms with van der Waals surface area (Å²) in [6.07, 6.45) is 3.55. The normalized spacial score (nSPS) is 13.5. The van der Waals surface area contributed by atoms with Crippen LogP contribution >= 0.6 is 0 Å². The van der Waals surface area contributed by atoms with Crippen molar-refractivity contribution in [3.05, 3.63) is 59.7 Å². The molecule has 0 aliphatic heterocycles. The van der Waals surface area contributed by atoms with Crippen molar-refractivity contribution in [2.24, 2.45) is 5.73 Å². The van der Waals surface area contributed by atoms with Crippen molar-refractivity contribution in [2.75, 3.05) is 17.5 Å². The van der Waals surface area contributed by atoms with Gasteiger partial charge < -0.3 is 21.3 Å². The molecule has 0 saturated carbocycles. The fourth-order valence-electron chi connectivity index (χ4n) is 3.30. The first-order valence-corrected chi connectivity index (χ1v) is 12.1. The molecule has 0 heterocycles. The Morgan fingerprint density at radius 2 is 1.84 bits per heavy atom. The second-order valence-corrected chi connectivity index (χ2v) is 9.42.